The first-order chi connectivity index (χ1) is 28.4. The van der Waals surface area contributed by atoms with Crippen molar-refractivity contribution in [1.82, 2.24) is 0 Å². The molecule has 0 saturated heterocycles. The van der Waals surface area contributed by atoms with Gasteiger partial charge in [0, 0.05) is 51.9 Å². The maximum atomic E-state index is 3.95. The van der Waals surface area contributed by atoms with Crippen LogP contribution in [0.3, 0.4) is 0 Å². The van der Waals surface area contributed by atoms with Gasteiger partial charge in [0.15, 0.2) is 5.71 Å². The van der Waals surface area contributed by atoms with Crippen LogP contribution in [0, 0.1) is 0 Å². The molecular weight excluding hydrogens is 769 g/mol. The molecule has 0 amide bonds. The Hall–Kier alpha value is -4.21. The van der Waals surface area contributed by atoms with Gasteiger partial charge in [-0.3, -0.25) is 0 Å². The smallest absolute Gasteiger partial charge is 0.209 e. The monoisotopic (exact) mass is 833 g/mol. The summed E-state index contributed by atoms with van der Waals surface area (Å²) in [4.78, 5) is 2.70. The van der Waals surface area contributed by atoms with Gasteiger partial charge in [0.2, 0.25) is 5.69 Å². The van der Waals surface area contributed by atoms with Gasteiger partial charge in [-0.1, -0.05) is 185 Å². The largest absolute Gasteiger partial charge is 0.344 e. The number of hydrogen-bond donors (Lipinski definition) is 0. The highest BCUT2D eigenvalue weighted by Crippen LogP contribution is 2.52. The third-order valence-electron chi connectivity index (χ3n) is 13.1. The number of fused-ring (bicyclic) bond motifs is 3. The fourth-order valence-electron chi connectivity index (χ4n) is 9.96. The fraction of sp³-hybridized carbons (Fsp3) is 0.400. The highest BCUT2D eigenvalue weighted by molar-refractivity contribution is 9.10. The van der Waals surface area contributed by atoms with Crippen LogP contribution in [-0.2, 0) is 23.7 Å². The van der Waals surface area contributed by atoms with Crippen LogP contribution in [0.1, 0.15) is 127 Å². The second-order valence-corrected chi connectivity index (χ2v) is 18.3. The summed E-state index contributed by atoms with van der Waals surface area (Å²) in [6, 6.07) is 43.1. The molecule has 302 valence electrons. The molecule has 0 N–H and O–H groups in total. The number of para-hydroxylation sites is 1. The third kappa shape index (κ3) is 9.16. The lowest BCUT2D eigenvalue weighted by atomic mass is 9.74. The van der Waals surface area contributed by atoms with Crippen LogP contribution in [-0.4, -0.2) is 23.4 Å². The van der Waals surface area contributed by atoms with E-state index in [1.165, 1.54) is 137 Å². The minimum absolute atomic E-state index is 0.151. The fourth-order valence-corrected chi connectivity index (χ4v) is 10.4. The van der Waals surface area contributed by atoms with Crippen molar-refractivity contribution in [3.63, 3.8) is 0 Å². The molecule has 0 aliphatic carbocycles. The van der Waals surface area contributed by atoms with Crippen molar-refractivity contribution in [2.45, 2.75) is 128 Å². The molecule has 2 aliphatic heterocycles. The molecule has 0 saturated carbocycles. The molecule has 5 aromatic rings. The second-order valence-electron chi connectivity index (χ2n) is 17.5. The van der Waals surface area contributed by atoms with Crippen LogP contribution in [0.15, 0.2) is 144 Å². The second kappa shape index (κ2) is 19.7. The van der Waals surface area contributed by atoms with Crippen molar-refractivity contribution in [3.05, 3.63) is 166 Å². The summed E-state index contributed by atoms with van der Waals surface area (Å²) in [7, 11) is 0. The zero-order chi connectivity index (χ0) is 40.4. The number of nitrogens with zero attached hydrogens (tertiary/aromatic N) is 2. The predicted octanol–water partition coefficient (Wildman–Crippen LogP) is 15.4. The molecule has 0 radical (unpaired) electrons. The van der Waals surface area contributed by atoms with E-state index < -0.39 is 0 Å². The zero-order valence-electron chi connectivity index (χ0n) is 35.8. The summed E-state index contributed by atoms with van der Waals surface area (Å²) in [5, 5.41) is 2.63. The van der Waals surface area contributed by atoms with Crippen molar-refractivity contribution in [2.24, 2.45) is 0 Å². The van der Waals surface area contributed by atoms with E-state index in [4.69, 9.17) is 0 Å². The lowest BCUT2D eigenvalue weighted by molar-refractivity contribution is -0.438. The summed E-state index contributed by atoms with van der Waals surface area (Å²) in [6.45, 7) is 11.7. The van der Waals surface area contributed by atoms with E-state index in [0.29, 0.717) is 0 Å². The molecule has 0 fully saturated rings. The number of allylic oxidation sites excluding steroid dienone is 4. The van der Waals surface area contributed by atoms with E-state index in [2.05, 4.69) is 187 Å². The first-order valence-corrected chi connectivity index (χ1v) is 23.4. The van der Waals surface area contributed by atoms with Crippen molar-refractivity contribution >= 4 is 43.8 Å². The van der Waals surface area contributed by atoms with E-state index >= 15 is 0 Å². The van der Waals surface area contributed by atoms with Crippen LogP contribution >= 0.6 is 15.9 Å². The van der Waals surface area contributed by atoms with E-state index in [1.54, 1.807) is 0 Å². The summed E-state index contributed by atoms with van der Waals surface area (Å²) >= 11 is 3.95. The number of rotatable bonds is 20. The number of anilines is 1. The van der Waals surface area contributed by atoms with Crippen molar-refractivity contribution in [3.8, 4) is 0 Å². The maximum absolute atomic E-state index is 3.95. The Labute approximate surface area is 358 Å². The lowest BCUT2D eigenvalue weighted by Crippen LogP contribution is -2.34. The molecule has 7 rings (SSSR count). The van der Waals surface area contributed by atoms with Crippen molar-refractivity contribution in [1.29, 1.82) is 0 Å². The molecule has 5 aromatic carbocycles. The average molecular weight is 835 g/mol. The first-order valence-electron chi connectivity index (χ1n) is 22.6. The standard InChI is InChI=1S/C55H66BrN2/c1-5-7-9-11-13-24-37-57-50-34-23-21-32-47(50)54(3,41-43-27-16-15-17-28-43)52(57)35-26-36-53-55(4,42-46-31-20-22-33-49(46)56)48-39-44-29-18-19-30-45(44)40-51(48)58(53)38-25-14-12-10-8-6-2/h15-23,26-36,39-40H,5-14,24-25,37-38,41-42H2,1-4H3/q+1. The maximum Gasteiger partial charge on any atom is 0.209 e. The first kappa shape index (κ1) is 41.9. The highest BCUT2D eigenvalue weighted by atomic mass is 79.9. The predicted molar refractivity (Wildman–Crippen MR) is 254 cm³/mol. The molecular formula is C55H66BrN2+. The van der Waals surface area contributed by atoms with Gasteiger partial charge in [-0.05, 0) is 91.3 Å². The summed E-state index contributed by atoms with van der Waals surface area (Å²) in [5.74, 6) is 0. The van der Waals surface area contributed by atoms with Crippen LogP contribution < -0.4 is 4.90 Å². The topological polar surface area (TPSA) is 6.25 Å². The van der Waals surface area contributed by atoms with Gasteiger partial charge in [0.1, 0.15) is 6.54 Å². The minimum Gasteiger partial charge on any atom is -0.344 e. The van der Waals surface area contributed by atoms with Gasteiger partial charge in [-0.15, -0.1) is 0 Å². The number of halogens is 1. The minimum atomic E-state index is -0.218. The van der Waals surface area contributed by atoms with Crippen LogP contribution in [0.4, 0.5) is 11.4 Å². The quantitative estimate of drug-likeness (QED) is 0.0559. The Bertz CT molecular complexity index is 2230. The van der Waals surface area contributed by atoms with E-state index in [-0.39, 0.29) is 10.8 Å². The lowest BCUT2D eigenvalue weighted by Gasteiger charge is -2.31. The van der Waals surface area contributed by atoms with Gasteiger partial charge < -0.3 is 4.90 Å². The molecule has 58 heavy (non-hydrogen) atoms. The molecule has 2 atom stereocenters. The van der Waals surface area contributed by atoms with Crippen molar-refractivity contribution in [2.75, 3.05) is 18.0 Å². The van der Waals surface area contributed by atoms with Gasteiger partial charge in [-0.2, -0.15) is 4.58 Å². The molecule has 0 spiro atoms. The Balaban J connectivity index is 1.33. The normalized spacial score (nSPS) is 19.5. The number of unbranched alkanes of at least 4 members (excludes halogenated alkanes) is 10. The summed E-state index contributed by atoms with van der Waals surface area (Å²) in [6.07, 6.45) is 24.8. The summed E-state index contributed by atoms with van der Waals surface area (Å²) in [5.41, 5.74) is 10.8. The summed E-state index contributed by atoms with van der Waals surface area (Å²) < 4.78 is 3.86. The average Bonchev–Trinajstić information content (AvgIpc) is 3.60. The van der Waals surface area contributed by atoms with Gasteiger partial charge in [0.25, 0.3) is 0 Å². The Morgan fingerprint density at radius 1 is 0.603 bits per heavy atom. The van der Waals surface area contributed by atoms with Crippen LogP contribution in [0.5, 0.6) is 0 Å². The van der Waals surface area contributed by atoms with Gasteiger partial charge in [0.05, 0.1) is 5.41 Å². The zero-order valence-corrected chi connectivity index (χ0v) is 37.4. The Morgan fingerprint density at radius 2 is 1.22 bits per heavy atom. The molecule has 2 unspecified atom stereocenters. The highest BCUT2D eigenvalue weighted by Gasteiger charge is 2.48. The molecule has 3 heteroatoms. The SMILES string of the molecule is CCCCCCCCN1C(=CC=CC2=[N+](CCCCCCCC)c3ccccc3C2(C)Cc2ccccc2)C(C)(Cc2ccccc2Br)c2cc3ccccc3cc21. The van der Waals surface area contributed by atoms with Crippen LogP contribution in [0.25, 0.3) is 10.8 Å². The third-order valence-corrected chi connectivity index (χ3v) is 13.9. The number of benzene rings is 5. The number of hydrogen-bond acceptors (Lipinski definition) is 1. The van der Waals surface area contributed by atoms with E-state index in [0.717, 1.165) is 25.9 Å². The Kier molecular flexibility index (Phi) is 14.2. The molecule has 0 aromatic heterocycles. The molecule has 2 heterocycles. The van der Waals surface area contributed by atoms with E-state index in [9.17, 15) is 0 Å². The molecule has 0 bridgehead atoms. The molecule has 2 nitrogen and oxygen atoms in total. The van der Waals surface area contributed by atoms with Crippen molar-refractivity contribution < 1.29 is 4.58 Å². The van der Waals surface area contributed by atoms with Crippen LogP contribution in [0.2, 0.25) is 0 Å². The van der Waals surface area contributed by atoms with Gasteiger partial charge in [-0.25, -0.2) is 0 Å². The van der Waals surface area contributed by atoms with Gasteiger partial charge >= 0.3 is 0 Å². The van der Waals surface area contributed by atoms with E-state index in [1.807, 2.05) is 0 Å². The Morgan fingerprint density at radius 3 is 1.97 bits per heavy atom. The molecule has 2 aliphatic rings.